The van der Waals surface area contributed by atoms with Gasteiger partial charge in [-0.05, 0) is 12.2 Å². The summed E-state index contributed by atoms with van der Waals surface area (Å²) >= 11 is 5.06. The Labute approximate surface area is 108 Å². The lowest BCUT2D eigenvalue weighted by Crippen LogP contribution is -2.43. The number of hydrogen-bond donors (Lipinski definition) is 0. The minimum Gasteiger partial charge on any atom is -0.275 e. The highest BCUT2D eigenvalue weighted by Gasteiger charge is 2.29. The molecule has 92 valence electrons. The summed E-state index contributed by atoms with van der Waals surface area (Å²) in [5.74, 6) is 0. The van der Waals surface area contributed by atoms with Gasteiger partial charge < -0.3 is 0 Å². The van der Waals surface area contributed by atoms with Crippen LogP contribution >= 0.6 is 12.2 Å². The van der Waals surface area contributed by atoms with Gasteiger partial charge in [0.05, 0.1) is 6.54 Å². The van der Waals surface area contributed by atoms with Gasteiger partial charge in [-0.2, -0.15) is 18.3 Å². The SMILES string of the molecule is C=CCn1n[c]([AlH2])c(=O)n(CC(F)(F)F)c1=S. The van der Waals surface area contributed by atoms with Crippen molar-refractivity contribution < 1.29 is 13.2 Å². The number of hydrogen-bond acceptors (Lipinski definition) is 3. The van der Waals surface area contributed by atoms with E-state index >= 15 is 0 Å². The van der Waals surface area contributed by atoms with E-state index in [0.717, 1.165) is 4.68 Å². The molecule has 17 heavy (non-hydrogen) atoms. The van der Waals surface area contributed by atoms with E-state index < -0.39 is 18.3 Å². The molecule has 1 aromatic rings. The van der Waals surface area contributed by atoms with Crippen LogP contribution in [0.1, 0.15) is 0 Å². The fourth-order valence-electron chi connectivity index (χ4n) is 1.25. The second-order valence-electron chi connectivity index (χ2n) is 3.35. The predicted octanol–water partition coefficient (Wildman–Crippen LogP) is -0.219. The van der Waals surface area contributed by atoms with Crippen LogP contribution in [0.25, 0.3) is 0 Å². The molecule has 0 bridgehead atoms. The number of rotatable bonds is 3. The minimum absolute atomic E-state index is 0.102. The molecule has 0 aliphatic heterocycles. The van der Waals surface area contributed by atoms with Crippen LogP contribution in [0.4, 0.5) is 13.2 Å². The average molecular weight is 279 g/mol. The molecular formula is C8H9AlF3N3OS. The molecule has 0 N–H and O–H groups in total. The first-order chi connectivity index (χ1) is 7.76. The van der Waals surface area contributed by atoms with Crippen LogP contribution in [-0.4, -0.2) is 36.8 Å². The van der Waals surface area contributed by atoms with Gasteiger partial charge in [-0.15, -0.1) is 6.58 Å². The van der Waals surface area contributed by atoms with Crippen LogP contribution in [0.2, 0.25) is 0 Å². The van der Waals surface area contributed by atoms with E-state index in [-0.39, 0.29) is 32.2 Å². The first-order valence-corrected chi connectivity index (χ1v) is 6.03. The highest BCUT2D eigenvalue weighted by atomic mass is 32.1. The van der Waals surface area contributed by atoms with Gasteiger partial charge in [0, 0.05) is 4.56 Å². The summed E-state index contributed by atoms with van der Waals surface area (Å²) in [5.41, 5.74) is -0.765. The Morgan fingerprint density at radius 1 is 1.53 bits per heavy atom. The summed E-state index contributed by atoms with van der Waals surface area (Å²) in [6, 6.07) is 0. The van der Waals surface area contributed by atoms with Crippen LogP contribution in [0, 0.1) is 4.77 Å². The summed E-state index contributed by atoms with van der Waals surface area (Å²) in [6.45, 7) is 2.23. The van der Waals surface area contributed by atoms with Crippen molar-refractivity contribution in [3.63, 3.8) is 0 Å². The highest BCUT2D eigenvalue weighted by Crippen LogP contribution is 2.16. The van der Waals surface area contributed by atoms with Gasteiger partial charge in [0.25, 0.3) is 5.56 Å². The molecule has 0 saturated heterocycles. The molecule has 0 radical (unpaired) electrons. The number of aromatic nitrogens is 3. The zero-order valence-corrected chi connectivity index (χ0v) is 11.8. The zero-order chi connectivity index (χ0) is 13.2. The lowest BCUT2D eigenvalue weighted by molar-refractivity contribution is -0.141. The molecule has 0 unspecified atom stereocenters. The summed E-state index contributed by atoms with van der Waals surface area (Å²) in [7, 11) is 0. The Balaban J connectivity index is 3.42. The Morgan fingerprint density at radius 3 is 2.59 bits per heavy atom. The molecule has 0 aliphatic carbocycles. The molecule has 0 saturated carbocycles. The average Bonchev–Trinajstić information content (AvgIpc) is 2.20. The standard InChI is InChI=1S/C8H7F3N3OS.Al.2H/c1-2-3-14-7(16)13(5-8(9,10)11)6(15)4-12-14;;;/h2H,1,3,5H2;;;. The van der Waals surface area contributed by atoms with E-state index in [1.165, 1.54) is 6.08 Å². The Hall–Kier alpha value is -0.908. The molecule has 0 fully saturated rings. The van der Waals surface area contributed by atoms with Crippen molar-refractivity contribution in [2.45, 2.75) is 19.3 Å². The number of nitrogens with zero attached hydrogens (tertiary/aromatic N) is 3. The van der Waals surface area contributed by atoms with Crippen molar-refractivity contribution in [2.24, 2.45) is 0 Å². The first-order valence-electron chi connectivity index (χ1n) is 4.62. The fourth-order valence-corrected chi connectivity index (χ4v) is 2.02. The van der Waals surface area contributed by atoms with E-state index in [9.17, 15) is 18.0 Å². The first kappa shape index (κ1) is 14.2. The van der Waals surface area contributed by atoms with Crippen LogP contribution in [0.3, 0.4) is 0 Å². The summed E-state index contributed by atoms with van der Waals surface area (Å²) in [5, 5.41) is 3.85. The molecule has 0 aromatic carbocycles. The van der Waals surface area contributed by atoms with Crippen molar-refractivity contribution in [1.29, 1.82) is 0 Å². The lowest BCUT2D eigenvalue weighted by atomic mass is 10.6. The third-order valence-electron chi connectivity index (χ3n) is 1.92. The Kier molecular flexibility index (Phi) is 4.30. The highest BCUT2D eigenvalue weighted by molar-refractivity contribution is 7.71. The maximum absolute atomic E-state index is 12.3. The Morgan fingerprint density at radius 2 is 2.12 bits per heavy atom. The van der Waals surface area contributed by atoms with Crippen molar-refractivity contribution in [3.8, 4) is 0 Å². The van der Waals surface area contributed by atoms with Gasteiger partial charge in [-0.3, -0.25) is 9.36 Å². The van der Waals surface area contributed by atoms with Gasteiger partial charge in [0.15, 0.2) is 4.77 Å². The lowest BCUT2D eigenvalue weighted by Gasteiger charge is -2.13. The normalized spacial score (nSPS) is 11.5. The van der Waals surface area contributed by atoms with Crippen molar-refractivity contribution in [2.75, 3.05) is 0 Å². The van der Waals surface area contributed by atoms with E-state index in [2.05, 4.69) is 11.7 Å². The smallest absolute Gasteiger partial charge is 0.275 e. The fraction of sp³-hybridized carbons (Fsp3) is 0.375. The van der Waals surface area contributed by atoms with E-state index in [1.807, 2.05) is 0 Å². The topological polar surface area (TPSA) is 39.8 Å². The monoisotopic (exact) mass is 279 g/mol. The van der Waals surface area contributed by atoms with Crippen LogP contribution in [-0.2, 0) is 13.1 Å². The van der Waals surface area contributed by atoms with Gasteiger partial charge in [-0.1, -0.05) is 6.08 Å². The van der Waals surface area contributed by atoms with E-state index in [4.69, 9.17) is 12.2 Å². The van der Waals surface area contributed by atoms with Crippen molar-refractivity contribution in [3.05, 3.63) is 27.8 Å². The molecule has 0 aliphatic rings. The number of halogens is 3. The number of allylic oxidation sites excluding steroid dienone is 1. The summed E-state index contributed by atoms with van der Waals surface area (Å²) < 4.78 is 38.5. The largest absolute Gasteiger partial charge is 0.406 e. The second-order valence-corrected chi connectivity index (χ2v) is 4.66. The predicted molar refractivity (Wildman–Crippen MR) is 61.8 cm³/mol. The van der Waals surface area contributed by atoms with Gasteiger partial charge in [0.1, 0.15) is 6.54 Å². The Bertz CT molecular complexity index is 548. The van der Waals surface area contributed by atoms with Crippen LogP contribution < -0.4 is 10.1 Å². The summed E-state index contributed by atoms with van der Waals surface area (Å²) in [6.07, 6.45) is -3.04. The molecule has 0 atom stereocenters. The minimum atomic E-state index is -4.49. The maximum atomic E-state index is 12.3. The quantitative estimate of drug-likeness (QED) is 0.436. The molecule has 4 nitrogen and oxygen atoms in total. The van der Waals surface area contributed by atoms with Crippen molar-refractivity contribution in [1.82, 2.24) is 14.3 Å². The van der Waals surface area contributed by atoms with Gasteiger partial charge >= 0.3 is 22.5 Å². The van der Waals surface area contributed by atoms with E-state index in [1.54, 1.807) is 0 Å². The van der Waals surface area contributed by atoms with E-state index in [0.29, 0.717) is 4.57 Å². The molecule has 9 heteroatoms. The van der Waals surface area contributed by atoms with Crippen LogP contribution in [0.5, 0.6) is 0 Å². The molecule has 1 rings (SSSR count). The molecule has 1 heterocycles. The molecular weight excluding hydrogens is 270 g/mol. The zero-order valence-electron chi connectivity index (χ0n) is 8.99. The van der Waals surface area contributed by atoms with Crippen LogP contribution in [0.15, 0.2) is 17.4 Å². The number of alkyl halides is 3. The van der Waals surface area contributed by atoms with Gasteiger partial charge in [-0.25, -0.2) is 4.68 Å². The third-order valence-corrected chi connectivity index (χ3v) is 2.98. The van der Waals surface area contributed by atoms with Crippen molar-refractivity contribution >= 4 is 33.1 Å². The third kappa shape index (κ3) is 3.52. The summed E-state index contributed by atoms with van der Waals surface area (Å²) in [4.78, 5) is 11.6. The molecule has 0 spiro atoms. The molecule has 1 aromatic heterocycles. The second kappa shape index (κ2) is 5.16. The molecule has 0 amide bonds. The van der Waals surface area contributed by atoms with Gasteiger partial charge in [0.2, 0.25) is 0 Å². The maximum Gasteiger partial charge on any atom is 0.406 e.